The molecule has 6 heteroatoms. The number of benzene rings is 1. The number of rotatable bonds is 2. The third kappa shape index (κ3) is 2.96. The van der Waals surface area contributed by atoms with Crippen molar-refractivity contribution < 1.29 is 14.7 Å². The Bertz CT molecular complexity index is 579. The summed E-state index contributed by atoms with van der Waals surface area (Å²) in [6, 6.07) is 5.07. The number of carbonyl (C=O) groups is 2. The molecule has 0 heterocycles. The number of phenols is 1. The monoisotopic (exact) mass is 275 g/mol. The number of carbonyl (C=O) groups excluding carboxylic acids is 2. The van der Waals surface area contributed by atoms with Crippen molar-refractivity contribution in [2.45, 2.75) is 32.7 Å². The van der Waals surface area contributed by atoms with Crippen LogP contribution >= 0.6 is 0 Å². The maximum Gasteiger partial charge on any atom is 0.329 e. The summed E-state index contributed by atoms with van der Waals surface area (Å²) in [5, 5.41) is 16.2. The lowest BCUT2D eigenvalue weighted by Crippen LogP contribution is -2.41. The number of nitrogens with one attached hydrogen (secondary N) is 2. The molecule has 3 N–H and O–H groups in total. The van der Waals surface area contributed by atoms with Crippen molar-refractivity contribution in [3.05, 3.63) is 29.3 Å². The van der Waals surface area contributed by atoms with Gasteiger partial charge in [0.25, 0.3) is 0 Å². The minimum absolute atomic E-state index is 0.106. The second-order valence-corrected chi connectivity index (χ2v) is 4.93. The highest BCUT2D eigenvalue weighted by molar-refractivity contribution is 6.35. The molecule has 20 heavy (non-hydrogen) atoms. The molecule has 0 bridgehead atoms. The molecule has 0 atom stereocenters. The minimum Gasteiger partial charge on any atom is -0.508 e. The molecule has 106 valence electrons. The van der Waals surface area contributed by atoms with E-state index in [4.69, 9.17) is 0 Å². The van der Waals surface area contributed by atoms with Gasteiger partial charge in [0, 0.05) is 17.2 Å². The predicted molar refractivity (Wildman–Crippen MR) is 74.4 cm³/mol. The number of amides is 2. The average molecular weight is 275 g/mol. The van der Waals surface area contributed by atoms with Crippen LogP contribution in [0, 0.1) is 0 Å². The Hall–Kier alpha value is -2.37. The number of phenolic OH excluding ortho intramolecular Hbond substituents is 1. The van der Waals surface area contributed by atoms with Gasteiger partial charge in [0.1, 0.15) is 5.75 Å². The van der Waals surface area contributed by atoms with Crippen molar-refractivity contribution in [2.24, 2.45) is 5.10 Å². The molecule has 1 aromatic rings. The highest BCUT2D eigenvalue weighted by Crippen LogP contribution is 2.29. The number of fused-ring (bicyclic) bond motifs is 1. The number of hydrogen-bond acceptors (Lipinski definition) is 4. The highest BCUT2D eigenvalue weighted by atomic mass is 16.3. The molecule has 0 unspecified atom stereocenters. The second kappa shape index (κ2) is 5.73. The van der Waals surface area contributed by atoms with Crippen LogP contribution in [0.15, 0.2) is 23.3 Å². The summed E-state index contributed by atoms with van der Waals surface area (Å²) < 4.78 is 0. The molecule has 6 nitrogen and oxygen atoms in total. The van der Waals surface area contributed by atoms with Crippen LogP contribution in [0.1, 0.15) is 31.4 Å². The smallest absolute Gasteiger partial charge is 0.329 e. The van der Waals surface area contributed by atoms with E-state index in [1.807, 2.05) is 6.07 Å². The molecule has 0 aliphatic heterocycles. The summed E-state index contributed by atoms with van der Waals surface area (Å²) in [6.07, 6.45) is 1.30. The molecule has 1 aliphatic carbocycles. The molecular formula is C14H17N3O3. The lowest BCUT2D eigenvalue weighted by molar-refractivity contribution is -0.139. The van der Waals surface area contributed by atoms with Crippen LogP contribution in [0.3, 0.4) is 0 Å². The highest BCUT2D eigenvalue weighted by Gasteiger charge is 2.21. The van der Waals surface area contributed by atoms with Gasteiger partial charge < -0.3 is 10.4 Å². The van der Waals surface area contributed by atoms with Gasteiger partial charge in [-0.15, -0.1) is 0 Å². The molecule has 0 aromatic heterocycles. The Kier molecular flexibility index (Phi) is 4.02. The van der Waals surface area contributed by atoms with E-state index >= 15 is 0 Å². The van der Waals surface area contributed by atoms with Gasteiger partial charge in [0.15, 0.2) is 0 Å². The summed E-state index contributed by atoms with van der Waals surface area (Å²) in [4.78, 5) is 23.0. The fraction of sp³-hybridized carbons (Fsp3) is 0.357. The molecule has 0 saturated carbocycles. The van der Waals surface area contributed by atoms with Crippen molar-refractivity contribution in [3.8, 4) is 5.75 Å². The van der Waals surface area contributed by atoms with Gasteiger partial charge in [0.05, 0.1) is 5.71 Å². The number of hydrazone groups is 1. The predicted octanol–water partition coefficient (Wildman–Crippen LogP) is 0.683. The van der Waals surface area contributed by atoms with Gasteiger partial charge in [-0.2, -0.15) is 5.10 Å². The summed E-state index contributed by atoms with van der Waals surface area (Å²) in [5.41, 5.74) is 4.55. The van der Waals surface area contributed by atoms with E-state index in [0.717, 1.165) is 11.1 Å². The molecule has 0 saturated heterocycles. The Balaban J connectivity index is 2.06. The molecule has 1 aromatic carbocycles. The van der Waals surface area contributed by atoms with Gasteiger partial charge in [-0.25, -0.2) is 5.43 Å². The number of aromatic hydroxyl groups is 1. The summed E-state index contributed by atoms with van der Waals surface area (Å²) >= 11 is 0. The van der Waals surface area contributed by atoms with Crippen molar-refractivity contribution in [2.75, 3.05) is 0 Å². The van der Waals surface area contributed by atoms with E-state index < -0.39 is 11.8 Å². The first-order valence-corrected chi connectivity index (χ1v) is 6.47. The van der Waals surface area contributed by atoms with Gasteiger partial charge in [-0.3, -0.25) is 9.59 Å². The van der Waals surface area contributed by atoms with Crippen molar-refractivity contribution in [1.82, 2.24) is 10.7 Å². The van der Waals surface area contributed by atoms with Crippen molar-refractivity contribution >= 4 is 17.5 Å². The van der Waals surface area contributed by atoms with Crippen LogP contribution in [0.25, 0.3) is 0 Å². The molecular weight excluding hydrogens is 258 g/mol. The molecule has 2 amide bonds. The molecule has 2 rings (SSSR count). The van der Waals surface area contributed by atoms with E-state index in [2.05, 4.69) is 15.8 Å². The van der Waals surface area contributed by atoms with E-state index in [0.29, 0.717) is 18.6 Å². The van der Waals surface area contributed by atoms with E-state index in [1.54, 1.807) is 26.0 Å². The van der Waals surface area contributed by atoms with Crippen molar-refractivity contribution in [1.29, 1.82) is 0 Å². The standard InChI is InChI=1S/C14H17N3O3/c1-8(2)15-13(19)14(20)17-16-11-7-6-10-9(11)4-3-5-12(10)18/h3-5,8,18H,6-7H2,1-2H3,(H,15,19)(H,17,20)/b16-11+. The molecule has 0 fully saturated rings. The van der Waals surface area contributed by atoms with Crippen LogP contribution in [-0.4, -0.2) is 28.7 Å². The van der Waals surface area contributed by atoms with Crippen LogP contribution in [-0.2, 0) is 16.0 Å². The SMILES string of the molecule is CC(C)NC(=O)C(=O)N/N=C1\CCc2c(O)cccc21. The lowest BCUT2D eigenvalue weighted by atomic mass is 10.1. The second-order valence-electron chi connectivity index (χ2n) is 4.93. The van der Waals surface area contributed by atoms with Gasteiger partial charge in [-0.1, -0.05) is 12.1 Å². The summed E-state index contributed by atoms with van der Waals surface area (Å²) in [7, 11) is 0. The number of nitrogens with zero attached hydrogens (tertiary/aromatic N) is 1. The molecule has 0 spiro atoms. The first-order valence-electron chi connectivity index (χ1n) is 6.47. The van der Waals surface area contributed by atoms with Crippen LogP contribution in [0.4, 0.5) is 0 Å². The van der Waals surface area contributed by atoms with Crippen LogP contribution in [0.5, 0.6) is 5.75 Å². The normalized spacial score (nSPS) is 15.2. The molecule has 0 radical (unpaired) electrons. The Morgan fingerprint density at radius 3 is 2.70 bits per heavy atom. The zero-order chi connectivity index (χ0) is 14.7. The lowest BCUT2D eigenvalue weighted by Gasteiger charge is -2.07. The van der Waals surface area contributed by atoms with Gasteiger partial charge in [-0.05, 0) is 32.8 Å². The first-order chi connectivity index (χ1) is 9.49. The largest absolute Gasteiger partial charge is 0.508 e. The number of hydrogen-bond donors (Lipinski definition) is 3. The zero-order valence-electron chi connectivity index (χ0n) is 11.4. The molecule has 1 aliphatic rings. The maximum atomic E-state index is 11.5. The topological polar surface area (TPSA) is 90.8 Å². The zero-order valence-corrected chi connectivity index (χ0v) is 11.4. The van der Waals surface area contributed by atoms with E-state index in [1.165, 1.54) is 0 Å². The minimum atomic E-state index is -0.792. The fourth-order valence-corrected chi connectivity index (χ4v) is 2.10. The first kappa shape index (κ1) is 14.0. The van der Waals surface area contributed by atoms with E-state index in [-0.39, 0.29) is 11.8 Å². The van der Waals surface area contributed by atoms with E-state index in [9.17, 15) is 14.7 Å². The maximum absolute atomic E-state index is 11.5. The summed E-state index contributed by atoms with van der Waals surface area (Å²) in [5.74, 6) is -1.27. The Morgan fingerprint density at radius 1 is 1.25 bits per heavy atom. The van der Waals surface area contributed by atoms with Gasteiger partial charge in [0.2, 0.25) is 0 Å². The average Bonchev–Trinajstić information content (AvgIpc) is 2.79. The van der Waals surface area contributed by atoms with Crippen molar-refractivity contribution in [3.63, 3.8) is 0 Å². The summed E-state index contributed by atoms with van der Waals surface area (Å²) in [6.45, 7) is 3.54. The third-order valence-electron chi connectivity index (χ3n) is 2.99. The Morgan fingerprint density at radius 2 is 2.00 bits per heavy atom. The quantitative estimate of drug-likeness (QED) is 0.547. The third-order valence-corrected chi connectivity index (χ3v) is 2.99. The fourth-order valence-electron chi connectivity index (χ4n) is 2.10. The van der Waals surface area contributed by atoms with Gasteiger partial charge >= 0.3 is 11.8 Å². The van der Waals surface area contributed by atoms with Crippen LogP contribution < -0.4 is 10.7 Å². The Labute approximate surface area is 116 Å². The van der Waals surface area contributed by atoms with Crippen LogP contribution in [0.2, 0.25) is 0 Å².